The molecule has 1 aromatic carbocycles. The van der Waals surface area contributed by atoms with Crippen LogP contribution in [-0.2, 0) is 4.74 Å². The second-order valence-corrected chi connectivity index (χ2v) is 5.06. The number of ether oxygens (including phenoxy) is 1. The first-order valence-electron chi connectivity index (χ1n) is 6.41. The van der Waals surface area contributed by atoms with Crippen molar-refractivity contribution >= 4 is 11.6 Å². The molecule has 1 fully saturated rings. The predicted octanol–water partition coefficient (Wildman–Crippen LogP) is 2.00. The number of carbonyl (C=O) groups is 1. The van der Waals surface area contributed by atoms with E-state index in [1.807, 2.05) is 30.0 Å². The first-order chi connectivity index (χ1) is 8.70. The highest BCUT2D eigenvalue weighted by molar-refractivity contribution is 6.00. The summed E-state index contributed by atoms with van der Waals surface area (Å²) in [5.41, 5.74) is 2.75. The van der Waals surface area contributed by atoms with Gasteiger partial charge in [0, 0.05) is 19.3 Å². The molecule has 1 amide bonds. The van der Waals surface area contributed by atoms with Crippen LogP contribution >= 0.6 is 0 Å². The van der Waals surface area contributed by atoms with Crippen molar-refractivity contribution in [2.24, 2.45) is 0 Å². The summed E-state index contributed by atoms with van der Waals surface area (Å²) in [5.74, 6) is 0.128. The molecule has 3 rings (SSSR count). The van der Waals surface area contributed by atoms with Crippen LogP contribution in [0.25, 0.3) is 0 Å². The molecule has 0 saturated carbocycles. The van der Waals surface area contributed by atoms with Crippen LogP contribution in [0.1, 0.15) is 28.8 Å². The minimum absolute atomic E-state index is 0.111. The van der Waals surface area contributed by atoms with Gasteiger partial charge in [-0.25, -0.2) is 0 Å². The van der Waals surface area contributed by atoms with Crippen LogP contribution in [0, 0.1) is 6.92 Å². The average molecular weight is 246 g/mol. The van der Waals surface area contributed by atoms with Gasteiger partial charge in [0.1, 0.15) is 6.23 Å². The van der Waals surface area contributed by atoms with Crippen molar-refractivity contribution in [3.63, 3.8) is 0 Å². The number of nitrogens with one attached hydrogen (secondary N) is 1. The van der Waals surface area contributed by atoms with E-state index in [1.165, 1.54) is 0 Å². The molecular weight excluding hydrogens is 228 g/mol. The normalized spacial score (nSPS) is 26.3. The van der Waals surface area contributed by atoms with Crippen LogP contribution in [0.15, 0.2) is 18.2 Å². The third kappa shape index (κ3) is 1.68. The highest BCUT2D eigenvalue weighted by Gasteiger charge is 2.39. The molecule has 0 bridgehead atoms. The molecule has 0 aliphatic carbocycles. The number of nitrogens with zero attached hydrogens (tertiary/aromatic N) is 1. The van der Waals surface area contributed by atoms with Crippen LogP contribution in [0.5, 0.6) is 0 Å². The van der Waals surface area contributed by atoms with Crippen LogP contribution in [0.2, 0.25) is 0 Å². The zero-order valence-electron chi connectivity index (χ0n) is 10.8. The number of amides is 1. The quantitative estimate of drug-likeness (QED) is 0.824. The first-order valence-corrected chi connectivity index (χ1v) is 6.41. The Morgan fingerprint density at radius 1 is 1.44 bits per heavy atom. The minimum atomic E-state index is -0.111. The van der Waals surface area contributed by atoms with E-state index in [4.69, 9.17) is 4.74 Å². The van der Waals surface area contributed by atoms with E-state index >= 15 is 0 Å². The fraction of sp³-hybridized carbons (Fsp3) is 0.500. The molecule has 2 aliphatic heterocycles. The van der Waals surface area contributed by atoms with Gasteiger partial charge in [0.05, 0.1) is 11.6 Å². The van der Waals surface area contributed by atoms with Gasteiger partial charge in [-0.2, -0.15) is 0 Å². The lowest BCUT2D eigenvalue weighted by atomic mass is 10.1. The zero-order valence-corrected chi connectivity index (χ0v) is 10.8. The number of hydrogen-bond acceptors (Lipinski definition) is 3. The molecule has 1 aromatic rings. The fourth-order valence-electron chi connectivity index (χ4n) is 2.94. The van der Waals surface area contributed by atoms with E-state index in [1.54, 1.807) is 7.11 Å². The predicted molar refractivity (Wildman–Crippen MR) is 69.7 cm³/mol. The average Bonchev–Trinajstić information content (AvgIpc) is 2.81. The summed E-state index contributed by atoms with van der Waals surface area (Å²) < 4.78 is 5.52. The topological polar surface area (TPSA) is 41.6 Å². The number of methoxy groups -OCH3 is 1. The molecule has 2 aliphatic rings. The van der Waals surface area contributed by atoms with E-state index in [0.717, 1.165) is 36.2 Å². The van der Waals surface area contributed by atoms with Crippen molar-refractivity contribution in [3.05, 3.63) is 29.3 Å². The third-order valence-electron chi connectivity index (χ3n) is 3.87. The van der Waals surface area contributed by atoms with Crippen LogP contribution in [0.4, 0.5) is 5.69 Å². The Morgan fingerprint density at radius 3 is 3.06 bits per heavy atom. The molecule has 0 radical (unpaired) electrons. The zero-order chi connectivity index (χ0) is 12.7. The summed E-state index contributed by atoms with van der Waals surface area (Å²) in [6.45, 7) is 2.84. The molecule has 96 valence electrons. The maximum absolute atomic E-state index is 12.6. The number of carbonyl (C=O) groups excluding carboxylic acids is 1. The second kappa shape index (κ2) is 4.28. The van der Waals surface area contributed by atoms with Crippen molar-refractivity contribution in [2.45, 2.75) is 32.0 Å². The highest BCUT2D eigenvalue weighted by atomic mass is 16.5. The molecule has 1 N–H and O–H groups in total. The number of anilines is 1. The lowest BCUT2D eigenvalue weighted by molar-refractivity contribution is 0.0420. The Labute approximate surface area is 107 Å². The molecular formula is C14H18N2O2. The Balaban J connectivity index is 2.07. The van der Waals surface area contributed by atoms with Gasteiger partial charge in [-0.05, 0) is 31.9 Å². The SMILES string of the molecule is CO[C@@H]1Nc2ccc(C)cc2C(=O)N2CCC[C@@H]12. The molecule has 2 atom stereocenters. The number of benzene rings is 1. The summed E-state index contributed by atoms with van der Waals surface area (Å²) in [4.78, 5) is 14.5. The standard InChI is InChI=1S/C14H18N2O2/c1-9-5-6-11-10(8-9)14(17)16-7-3-4-12(16)13(15-11)18-2/h5-6,8,12-13,15H,3-4,7H2,1-2H3/t12-,13-/m0/s1. The summed E-state index contributed by atoms with van der Waals surface area (Å²) >= 11 is 0. The number of rotatable bonds is 1. The van der Waals surface area contributed by atoms with E-state index in [2.05, 4.69) is 5.32 Å². The van der Waals surface area contributed by atoms with E-state index in [9.17, 15) is 4.79 Å². The molecule has 0 unspecified atom stereocenters. The van der Waals surface area contributed by atoms with Crippen molar-refractivity contribution < 1.29 is 9.53 Å². The van der Waals surface area contributed by atoms with Crippen molar-refractivity contribution in [3.8, 4) is 0 Å². The third-order valence-corrected chi connectivity index (χ3v) is 3.87. The monoisotopic (exact) mass is 246 g/mol. The van der Waals surface area contributed by atoms with E-state index < -0.39 is 0 Å². The number of hydrogen-bond donors (Lipinski definition) is 1. The highest BCUT2D eigenvalue weighted by Crippen LogP contribution is 2.31. The van der Waals surface area contributed by atoms with Crippen LogP contribution in [0.3, 0.4) is 0 Å². The summed E-state index contributed by atoms with van der Waals surface area (Å²) in [6.07, 6.45) is 1.95. The van der Waals surface area contributed by atoms with Gasteiger partial charge >= 0.3 is 0 Å². The Hall–Kier alpha value is -1.55. The Bertz CT molecular complexity index is 487. The Morgan fingerprint density at radius 2 is 2.28 bits per heavy atom. The lowest BCUT2D eigenvalue weighted by Crippen LogP contribution is -2.44. The largest absolute Gasteiger partial charge is 0.360 e. The minimum Gasteiger partial charge on any atom is -0.360 e. The molecule has 4 heteroatoms. The van der Waals surface area contributed by atoms with Gasteiger partial charge in [-0.15, -0.1) is 0 Å². The van der Waals surface area contributed by atoms with Crippen molar-refractivity contribution in [1.82, 2.24) is 4.90 Å². The molecule has 2 heterocycles. The van der Waals surface area contributed by atoms with Gasteiger partial charge in [0.15, 0.2) is 0 Å². The molecule has 18 heavy (non-hydrogen) atoms. The fourth-order valence-corrected chi connectivity index (χ4v) is 2.94. The molecule has 0 aromatic heterocycles. The first kappa shape index (κ1) is 11.5. The second-order valence-electron chi connectivity index (χ2n) is 5.06. The number of aryl methyl sites for hydroxylation is 1. The molecule has 1 saturated heterocycles. The Kier molecular flexibility index (Phi) is 2.74. The van der Waals surface area contributed by atoms with E-state index in [0.29, 0.717) is 0 Å². The molecule has 4 nitrogen and oxygen atoms in total. The summed E-state index contributed by atoms with van der Waals surface area (Å²) in [6, 6.07) is 6.09. The van der Waals surface area contributed by atoms with E-state index in [-0.39, 0.29) is 18.2 Å². The maximum atomic E-state index is 12.6. The van der Waals surface area contributed by atoms with Crippen LogP contribution < -0.4 is 5.32 Å². The summed E-state index contributed by atoms with van der Waals surface area (Å²) in [7, 11) is 1.69. The van der Waals surface area contributed by atoms with Gasteiger partial charge < -0.3 is 15.0 Å². The number of fused-ring (bicyclic) bond motifs is 2. The van der Waals surface area contributed by atoms with Gasteiger partial charge in [-0.3, -0.25) is 4.79 Å². The van der Waals surface area contributed by atoms with Gasteiger partial charge in [-0.1, -0.05) is 11.6 Å². The van der Waals surface area contributed by atoms with Crippen molar-refractivity contribution in [2.75, 3.05) is 19.0 Å². The van der Waals surface area contributed by atoms with Crippen molar-refractivity contribution in [1.29, 1.82) is 0 Å². The maximum Gasteiger partial charge on any atom is 0.256 e. The summed E-state index contributed by atoms with van der Waals surface area (Å²) in [5, 5.41) is 3.35. The molecule has 0 spiro atoms. The smallest absolute Gasteiger partial charge is 0.256 e. The van der Waals surface area contributed by atoms with Gasteiger partial charge in [0.25, 0.3) is 5.91 Å². The lowest BCUT2D eigenvalue weighted by Gasteiger charge is -2.28. The van der Waals surface area contributed by atoms with Crippen LogP contribution in [-0.4, -0.2) is 36.7 Å². The van der Waals surface area contributed by atoms with Gasteiger partial charge in [0.2, 0.25) is 0 Å².